The van der Waals surface area contributed by atoms with Gasteiger partial charge in [-0.15, -0.1) is 0 Å². The highest BCUT2D eigenvalue weighted by atomic mass is 35.5. The van der Waals surface area contributed by atoms with E-state index in [1.54, 1.807) is 70.2 Å². The fourth-order valence-electron chi connectivity index (χ4n) is 4.56. The Hall–Kier alpha value is -4.82. The molecule has 0 saturated heterocycles. The first kappa shape index (κ1) is 32.1. The lowest BCUT2D eigenvalue weighted by Gasteiger charge is -2.30. The van der Waals surface area contributed by atoms with Gasteiger partial charge in [-0.1, -0.05) is 73.1 Å². The average Bonchev–Trinajstić information content (AvgIpc) is 2.99. The highest BCUT2D eigenvalue weighted by Crippen LogP contribution is 2.37. The van der Waals surface area contributed by atoms with Crippen LogP contribution >= 0.6 is 11.6 Å². The lowest BCUT2D eigenvalue weighted by atomic mass is 10.0. The zero-order valence-electron chi connectivity index (χ0n) is 25.0. The second-order valence-electron chi connectivity index (χ2n) is 11.1. The van der Waals surface area contributed by atoms with Gasteiger partial charge in [0, 0.05) is 23.2 Å². The first-order valence-corrected chi connectivity index (χ1v) is 14.6. The second-order valence-corrected chi connectivity index (χ2v) is 11.5. The third-order valence-corrected chi connectivity index (χ3v) is 6.82. The quantitative estimate of drug-likeness (QED) is 0.186. The summed E-state index contributed by atoms with van der Waals surface area (Å²) < 4.78 is 11.5. The molecule has 0 aromatic heterocycles. The van der Waals surface area contributed by atoms with Gasteiger partial charge in [0.05, 0.1) is 5.69 Å². The van der Waals surface area contributed by atoms with E-state index in [-0.39, 0.29) is 24.4 Å². The molecule has 0 heterocycles. The van der Waals surface area contributed by atoms with Crippen molar-refractivity contribution in [2.75, 3.05) is 4.90 Å². The average molecular weight is 615 g/mol. The van der Waals surface area contributed by atoms with E-state index >= 15 is 0 Å². The molecule has 0 aliphatic heterocycles. The number of hydrogen-bond donors (Lipinski definition) is 2. The van der Waals surface area contributed by atoms with E-state index in [0.29, 0.717) is 16.3 Å². The number of nitrogens with zero attached hydrogens (tertiary/aromatic N) is 1. The molecule has 0 aliphatic carbocycles. The van der Waals surface area contributed by atoms with Crippen LogP contribution in [0.5, 0.6) is 11.5 Å². The lowest BCUT2D eigenvalue weighted by Crippen LogP contribution is -2.45. The number of benzene rings is 4. The number of carboxylic acid groups (broad SMARTS) is 1. The van der Waals surface area contributed by atoms with Gasteiger partial charge in [-0.25, -0.2) is 9.59 Å². The van der Waals surface area contributed by atoms with Crippen LogP contribution in [-0.4, -0.2) is 34.7 Å². The van der Waals surface area contributed by atoms with Crippen LogP contribution in [0.1, 0.15) is 50.0 Å². The molecule has 228 valence electrons. The molecule has 44 heavy (non-hydrogen) atoms. The van der Waals surface area contributed by atoms with Gasteiger partial charge < -0.3 is 19.9 Å². The van der Waals surface area contributed by atoms with Crippen LogP contribution in [0, 0.1) is 0 Å². The first-order valence-electron chi connectivity index (χ1n) is 14.2. The molecule has 0 fully saturated rings. The summed E-state index contributed by atoms with van der Waals surface area (Å²) >= 11 is 6.34. The van der Waals surface area contributed by atoms with Crippen molar-refractivity contribution in [3.05, 3.63) is 113 Å². The van der Waals surface area contributed by atoms with Gasteiger partial charge in [0.25, 0.3) is 5.91 Å². The predicted octanol–water partition coefficient (Wildman–Crippen LogP) is 8.33. The molecule has 8 nitrogen and oxygen atoms in total. The van der Waals surface area contributed by atoms with Gasteiger partial charge in [0.2, 0.25) is 0 Å². The molecule has 2 amide bonds. The standard InChI is InChI=1S/C35H35ClN2O6/c1-5-29(33(40)41)38(32(39)26-16-14-25(15-17-26)24-11-7-6-8-12-24)30-19-18-27(36)21-31(30)43-28-13-9-10-23(20-28)22-37-34(42)44-35(2,3)4/h6-21,29H,5,22H2,1-4H3,(H,37,42)(H,40,41). The molecule has 0 saturated carbocycles. The number of carbonyl (C=O) groups excluding carboxylic acids is 2. The Bertz CT molecular complexity index is 1620. The smallest absolute Gasteiger partial charge is 0.407 e. The van der Waals surface area contributed by atoms with E-state index in [1.165, 1.54) is 11.0 Å². The van der Waals surface area contributed by atoms with Crippen molar-refractivity contribution in [2.45, 2.75) is 52.3 Å². The van der Waals surface area contributed by atoms with Gasteiger partial charge in [-0.05, 0) is 80.3 Å². The number of halogens is 1. The van der Waals surface area contributed by atoms with Crippen LogP contribution in [0.3, 0.4) is 0 Å². The van der Waals surface area contributed by atoms with Gasteiger partial charge in [0.1, 0.15) is 17.4 Å². The van der Waals surface area contributed by atoms with Crippen molar-refractivity contribution < 1.29 is 29.0 Å². The highest BCUT2D eigenvalue weighted by Gasteiger charge is 2.33. The van der Waals surface area contributed by atoms with Crippen LogP contribution in [0.4, 0.5) is 10.5 Å². The van der Waals surface area contributed by atoms with Crippen LogP contribution in [0.2, 0.25) is 5.02 Å². The Morgan fingerprint density at radius 1 is 0.886 bits per heavy atom. The summed E-state index contributed by atoms with van der Waals surface area (Å²) in [7, 11) is 0. The maximum atomic E-state index is 14.0. The van der Waals surface area contributed by atoms with Gasteiger partial charge in [-0.3, -0.25) is 9.69 Å². The highest BCUT2D eigenvalue weighted by molar-refractivity contribution is 6.31. The Morgan fingerprint density at radius 3 is 2.20 bits per heavy atom. The van der Waals surface area contributed by atoms with Crippen molar-refractivity contribution in [1.82, 2.24) is 5.32 Å². The number of nitrogens with one attached hydrogen (secondary N) is 1. The minimum absolute atomic E-state index is 0.150. The summed E-state index contributed by atoms with van der Waals surface area (Å²) in [6, 6.07) is 27.3. The zero-order chi connectivity index (χ0) is 31.9. The van der Waals surface area contributed by atoms with Crippen molar-refractivity contribution in [3.63, 3.8) is 0 Å². The van der Waals surface area contributed by atoms with E-state index < -0.39 is 29.6 Å². The summed E-state index contributed by atoms with van der Waals surface area (Å²) in [6.07, 6.45) is -0.400. The summed E-state index contributed by atoms with van der Waals surface area (Å²) in [4.78, 5) is 39.8. The van der Waals surface area contributed by atoms with E-state index in [1.807, 2.05) is 48.5 Å². The van der Waals surface area contributed by atoms with Gasteiger partial charge >= 0.3 is 12.1 Å². The van der Waals surface area contributed by atoms with Crippen LogP contribution in [-0.2, 0) is 16.1 Å². The minimum Gasteiger partial charge on any atom is -0.480 e. The molecule has 0 radical (unpaired) electrons. The number of aliphatic carboxylic acids is 1. The monoisotopic (exact) mass is 614 g/mol. The number of anilines is 1. The number of amides is 2. The molecule has 4 aromatic carbocycles. The number of ether oxygens (including phenoxy) is 2. The Morgan fingerprint density at radius 2 is 1.57 bits per heavy atom. The second kappa shape index (κ2) is 14.1. The van der Waals surface area contributed by atoms with Gasteiger partial charge in [-0.2, -0.15) is 0 Å². The molecule has 1 unspecified atom stereocenters. The Balaban J connectivity index is 1.65. The van der Waals surface area contributed by atoms with Crippen molar-refractivity contribution in [1.29, 1.82) is 0 Å². The molecule has 0 aliphatic rings. The summed E-state index contributed by atoms with van der Waals surface area (Å²) in [5, 5.41) is 13.2. The number of carbonyl (C=O) groups is 3. The van der Waals surface area contributed by atoms with Crippen molar-refractivity contribution in [2.24, 2.45) is 0 Å². The largest absolute Gasteiger partial charge is 0.480 e. The summed E-state index contributed by atoms with van der Waals surface area (Å²) in [6.45, 7) is 7.24. The molecule has 9 heteroatoms. The van der Waals surface area contributed by atoms with E-state index in [4.69, 9.17) is 21.1 Å². The lowest BCUT2D eigenvalue weighted by molar-refractivity contribution is -0.138. The summed E-state index contributed by atoms with van der Waals surface area (Å²) in [5.74, 6) is -1.05. The normalized spacial score (nSPS) is 11.8. The third-order valence-electron chi connectivity index (χ3n) is 6.58. The molecule has 1 atom stereocenters. The van der Waals surface area contributed by atoms with Crippen LogP contribution in [0.15, 0.2) is 97.1 Å². The third kappa shape index (κ3) is 8.39. The number of rotatable bonds is 10. The van der Waals surface area contributed by atoms with Crippen LogP contribution < -0.4 is 15.0 Å². The number of carboxylic acids is 1. The van der Waals surface area contributed by atoms with Crippen molar-refractivity contribution >= 4 is 35.3 Å². The summed E-state index contributed by atoms with van der Waals surface area (Å²) in [5.41, 5.74) is 2.60. The van der Waals surface area contributed by atoms with Crippen molar-refractivity contribution in [3.8, 4) is 22.6 Å². The zero-order valence-corrected chi connectivity index (χ0v) is 25.8. The van der Waals surface area contributed by atoms with Crippen LogP contribution in [0.25, 0.3) is 11.1 Å². The fourth-order valence-corrected chi connectivity index (χ4v) is 4.73. The molecule has 0 bridgehead atoms. The van der Waals surface area contributed by atoms with E-state index in [0.717, 1.165) is 16.7 Å². The Labute approximate surface area is 262 Å². The molecule has 4 aromatic rings. The predicted molar refractivity (Wildman–Crippen MR) is 171 cm³/mol. The molecule has 4 rings (SSSR count). The maximum Gasteiger partial charge on any atom is 0.407 e. The Kier molecular flexibility index (Phi) is 10.3. The number of alkyl carbamates (subject to hydrolysis) is 1. The molecular formula is C35H35ClN2O6. The first-order chi connectivity index (χ1) is 20.9. The number of hydrogen-bond acceptors (Lipinski definition) is 5. The SMILES string of the molecule is CCC(C(=O)O)N(C(=O)c1ccc(-c2ccccc2)cc1)c1ccc(Cl)cc1Oc1cccc(CNC(=O)OC(C)(C)C)c1. The molecule has 2 N–H and O–H groups in total. The minimum atomic E-state index is -1.18. The fraction of sp³-hybridized carbons (Fsp3) is 0.229. The maximum absolute atomic E-state index is 14.0. The molecule has 0 spiro atoms. The van der Waals surface area contributed by atoms with Gasteiger partial charge in [0.15, 0.2) is 5.75 Å². The molecular weight excluding hydrogens is 580 g/mol. The van der Waals surface area contributed by atoms with E-state index in [2.05, 4.69) is 5.32 Å². The topological polar surface area (TPSA) is 105 Å². The van der Waals surface area contributed by atoms with E-state index in [9.17, 15) is 19.5 Å².